The molecule has 0 bridgehead atoms. The Labute approximate surface area is 117 Å². The summed E-state index contributed by atoms with van der Waals surface area (Å²) in [7, 11) is 0. The Balaban J connectivity index is 2.87. The van der Waals surface area contributed by atoms with E-state index in [9.17, 15) is 9.59 Å². The quantitative estimate of drug-likeness (QED) is 0.779. The van der Waals surface area contributed by atoms with Gasteiger partial charge in [0.05, 0.1) is 12.2 Å². The summed E-state index contributed by atoms with van der Waals surface area (Å²) in [6.45, 7) is 4.13. The summed E-state index contributed by atoms with van der Waals surface area (Å²) in [6, 6.07) is 3.32. The first-order chi connectivity index (χ1) is 8.95. The zero-order valence-electron chi connectivity index (χ0n) is 11.0. The van der Waals surface area contributed by atoms with Crippen LogP contribution in [0, 0.1) is 6.92 Å². The van der Waals surface area contributed by atoms with Gasteiger partial charge in [0.15, 0.2) is 5.78 Å². The number of hydrogen-bond donors (Lipinski definition) is 1. The van der Waals surface area contributed by atoms with Gasteiger partial charge in [0.25, 0.3) is 0 Å². The fraction of sp³-hybridized carbons (Fsp3) is 0.429. The number of carbonyl (C=O) groups excluding carboxylic acids is 1. The van der Waals surface area contributed by atoms with Gasteiger partial charge < -0.3 is 9.84 Å². The maximum absolute atomic E-state index is 12.1. The molecule has 1 aromatic carbocycles. The third-order valence-electron chi connectivity index (χ3n) is 2.66. The lowest BCUT2D eigenvalue weighted by Gasteiger charge is -2.11. The van der Waals surface area contributed by atoms with E-state index in [0.717, 1.165) is 5.56 Å². The van der Waals surface area contributed by atoms with E-state index in [-0.39, 0.29) is 18.6 Å². The summed E-state index contributed by atoms with van der Waals surface area (Å²) in [5.41, 5.74) is 1.26. The van der Waals surface area contributed by atoms with Crippen molar-refractivity contribution in [2.24, 2.45) is 0 Å². The highest BCUT2D eigenvalue weighted by Crippen LogP contribution is 2.28. The summed E-state index contributed by atoms with van der Waals surface area (Å²) >= 11 is 6.01. The molecule has 104 valence electrons. The maximum Gasteiger partial charge on any atom is 0.303 e. The number of ether oxygens (including phenoxy) is 1. The molecule has 0 saturated heterocycles. The average molecular weight is 285 g/mol. The number of hydrogen-bond acceptors (Lipinski definition) is 3. The molecule has 0 aliphatic carbocycles. The normalized spacial score (nSPS) is 10.3. The van der Waals surface area contributed by atoms with Gasteiger partial charge in [-0.15, -0.1) is 0 Å². The van der Waals surface area contributed by atoms with Crippen LogP contribution in [0.1, 0.15) is 42.1 Å². The number of aryl methyl sites for hydroxylation is 1. The fourth-order valence-electron chi connectivity index (χ4n) is 1.68. The lowest BCUT2D eigenvalue weighted by molar-refractivity contribution is -0.137. The van der Waals surface area contributed by atoms with Gasteiger partial charge in [0.1, 0.15) is 5.75 Å². The summed E-state index contributed by atoms with van der Waals surface area (Å²) in [4.78, 5) is 22.5. The highest BCUT2D eigenvalue weighted by Gasteiger charge is 2.15. The van der Waals surface area contributed by atoms with Crippen LogP contribution in [-0.2, 0) is 4.79 Å². The van der Waals surface area contributed by atoms with Gasteiger partial charge in [-0.05, 0) is 38.0 Å². The molecular formula is C14H17ClO4. The second kappa shape index (κ2) is 7.14. The molecule has 0 heterocycles. The Hall–Kier alpha value is -1.55. The van der Waals surface area contributed by atoms with E-state index < -0.39 is 5.97 Å². The zero-order chi connectivity index (χ0) is 14.4. The van der Waals surface area contributed by atoms with Crippen molar-refractivity contribution >= 4 is 23.4 Å². The van der Waals surface area contributed by atoms with Crippen LogP contribution >= 0.6 is 11.6 Å². The lowest BCUT2D eigenvalue weighted by Crippen LogP contribution is -2.06. The molecule has 1 aromatic rings. The molecule has 4 nitrogen and oxygen atoms in total. The average Bonchev–Trinajstić information content (AvgIpc) is 2.33. The number of rotatable bonds is 7. The SMILES string of the molecule is CCOc1cc(C)c(Cl)cc1C(=O)CCCC(=O)O. The molecule has 1 rings (SSSR count). The number of aliphatic carboxylic acids is 1. The number of ketones is 1. The minimum absolute atomic E-state index is 0.0185. The van der Waals surface area contributed by atoms with Crippen molar-refractivity contribution in [3.05, 3.63) is 28.3 Å². The Morgan fingerprint density at radius 3 is 2.58 bits per heavy atom. The van der Waals surface area contributed by atoms with Crippen LogP contribution in [0.5, 0.6) is 5.75 Å². The zero-order valence-corrected chi connectivity index (χ0v) is 11.8. The monoisotopic (exact) mass is 284 g/mol. The number of carboxylic acids is 1. The van der Waals surface area contributed by atoms with Gasteiger partial charge in [-0.3, -0.25) is 9.59 Å². The van der Waals surface area contributed by atoms with E-state index in [1.807, 2.05) is 13.8 Å². The standard InChI is InChI=1S/C14H17ClO4/c1-3-19-13-7-9(2)11(15)8-10(13)12(16)5-4-6-14(17)18/h7-8H,3-6H2,1-2H3,(H,17,18). The van der Waals surface area contributed by atoms with Crippen molar-refractivity contribution in [1.29, 1.82) is 0 Å². The van der Waals surface area contributed by atoms with E-state index in [2.05, 4.69) is 0 Å². The molecule has 0 aliphatic rings. The van der Waals surface area contributed by atoms with Crippen molar-refractivity contribution in [3.8, 4) is 5.75 Å². The molecule has 5 heteroatoms. The molecule has 0 aromatic heterocycles. The third-order valence-corrected chi connectivity index (χ3v) is 3.06. The molecular weight excluding hydrogens is 268 g/mol. The molecule has 0 aliphatic heterocycles. The molecule has 0 spiro atoms. The molecule has 0 amide bonds. The van der Waals surface area contributed by atoms with Crippen LogP contribution in [0.25, 0.3) is 0 Å². The lowest BCUT2D eigenvalue weighted by atomic mass is 10.0. The second-order valence-electron chi connectivity index (χ2n) is 4.20. The molecule has 0 unspecified atom stereocenters. The van der Waals surface area contributed by atoms with E-state index in [4.69, 9.17) is 21.4 Å². The number of carboxylic acid groups (broad SMARTS) is 1. The molecule has 0 saturated carbocycles. The molecule has 19 heavy (non-hydrogen) atoms. The molecule has 0 atom stereocenters. The van der Waals surface area contributed by atoms with Gasteiger partial charge in [-0.1, -0.05) is 11.6 Å². The van der Waals surface area contributed by atoms with Gasteiger partial charge in [0.2, 0.25) is 0 Å². The van der Waals surface area contributed by atoms with E-state index in [0.29, 0.717) is 29.4 Å². The van der Waals surface area contributed by atoms with Crippen LogP contribution in [0.15, 0.2) is 12.1 Å². The summed E-state index contributed by atoms with van der Waals surface area (Å²) in [6.07, 6.45) is 0.465. The molecule has 0 radical (unpaired) electrons. The molecule has 0 fully saturated rings. The first kappa shape index (κ1) is 15.5. The topological polar surface area (TPSA) is 63.6 Å². The van der Waals surface area contributed by atoms with Crippen molar-refractivity contribution in [2.75, 3.05) is 6.61 Å². The first-order valence-electron chi connectivity index (χ1n) is 6.13. The Kier molecular flexibility index (Phi) is 5.83. The van der Waals surface area contributed by atoms with E-state index in [1.54, 1.807) is 12.1 Å². The van der Waals surface area contributed by atoms with Crippen molar-refractivity contribution in [1.82, 2.24) is 0 Å². The van der Waals surface area contributed by atoms with Crippen LogP contribution in [0.3, 0.4) is 0 Å². The number of Topliss-reactive ketones (excluding diaryl/α,β-unsaturated/α-hetero) is 1. The summed E-state index contributed by atoms with van der Waals surface area (Å²) in [5, 5.41) is 9.06. The van der Waals surface area contributed by atoms with Crippen LogP contribution in [0.2, 0.25) is 5.02 Å². The predicted molar refractivity (Wildman–Crippen MR) is 73.2 cm³/mol. The summed E-state index contributed by atoms with van der Waals surface area (Å²) in [5.74, 6) is -0.545. The Morgan fingerprint density at radius 1 is 1.32 bits per heavy atom. The van der Waals surface area contributed by atoms with Crippen molar-refractivity contribution in [2.45, 2.75) is 33.1 Å². The number of benzene rings is 1. The fourth-order valence-corrected chi connectivity index (χ4v) is 1.85. The van der Waals surface area contributed by atoms with Gasteiger partial charge in [-0.25, -0.2) is 0 Å². The smallest absolute Gasteiger partial charge is 0.303 e. The summed E-state index contributed by atoms with van der Waals surface area (Å²) < 4.78 is 5.43. The van der Waals surface area contributed by atoms with Crippen LogP contribution in [0.4, 0.5) is 0 Å². The third kappa shape index (κ3) is 4.56. The second-order valence-corrected chi connectivity index (χ2v) is 4.61. The predicted octanol–water partition coefficient (Wildman–Crippen LogP) is 3.48. The first-order valence-corrected chi connectivity index (χ1v) is 6.51. The Morgan fingerprint density at radius 2 is 2.00 bits per heavy atom. The minimum Gasteiger partial charge on any atom is -0.493 e. The van der Waals surface area contributed by atoms with Gasteiger partial charge >= 0.3 is 5.97 Å². The van der Waals surface area contributed by atoms with E-state index in [1.165, 1.54) is 0 Å². The molecule has 1 N–H and O–H groups in total. The largest absolute Gasteiger partial charge is 0.493 e. The van der Waals surface area contributed by atoms with Gasteiger partial charge in [-0.2, -0.15) is 0 Å². The van der Waals surface area contributed by atoms with Crippen LogP contribution in [-0.4, -0.2) is 23.5 Å². The van der Waals surface area contributed by atoms with E-state index >= 15 is 0 Å². The van der Waals surface area contributed by atoms with Gasteiger partial charge in [0, 0.05) is 17.9 Å². The Bertz CT molecular complexity index is 483. The number of carbonyl (C=O) groups is 2. The van der Waals surface area contributed by atoms with Crippen molar-refractivity contribution < 1.29 is 19.4 Å². The highest BCUT2D eigenvalue weighted by molar-refractivity contribution is 6.31. The highest BCUT2D eigenvalue weighted by atomic mass is 35.5. The maximum atomic E-state index is 12.1. The van der Waals surface area contributed by atoms with Crippen molar-refractivity contribution in [3.63, 3.8) is 0 Å². The minimum atomic E-state index is -0.903. The van der Waals surface area contributed by atoms with Crippen LogP contribution < -0.4 is 4.74 Å². The number of halogens is 1.